The highest BCUT2D eigenvalue weighted by Gasteiger charge is 2.38. The normalized spacial score (nSPS) is 16.4. The Kier molecular flexibility index (Phi) is 9.14. The Labute approximate surface area is 248 Å². The molecule has 1 aromatic carbocycles. The maximum Gasteiger partial charge on any atom is 0.416 e. The number of fused-ring (bicyclic) bond motifs is 1. The first-order valence-corrected chi connectivity index (χ1v) is 15.0. The molecule has 4 rings (SSSR count). The number of sulfonamides is 1. The van der Waals surface area contributed by atoms with Crippen molar-refractivity contribution in [3.63, 3.8) is 0 Å². The number of rotatable bonds is 9. The quantitative estimate of drug-likeness (QED) is 0.207. The Morgan fingerprint density at radius 1 is 1.17 bits per heavy atom. The van der Waals surface area contributed by atoms with E-state index in [2.05, 4.69) is 32.9 Å². The number of aromatic nitrogens is 3. The van der Waals surface area contributed by atoms with Crippen LogP contribution in [0.2, 0.25) is 0 Å². The predicted molar refractivity (Wildman–Crippen MR) is 153 cm³/mol. The lowest BCUT2D eigenvalue weighted by atomic mass is 9.94. The van der Waals surface area contributed by atoms with Gasteiger partial charge in [-0.3, -0.25) is 0 Å². The second-order valence-corrected chi connectivity index (χ2v) is 12.6. The summed E-state index contributed by atoms with van der Waals surface area (Å²) in [6.07, 6.45) is 3.81. The van der Waals surface area contributed by atoms with Gasteiger partial charge in [0.2, 0.25) is 10.0 Å². The van der Waals surface area contributed by atoms with E-state index in [-0.39, 0.29) is 25.1 Å². The molecule has 1 saturated heterocycles. The third-order valence-electron chi connectivity index (χ3n) is 6.83. The minimum atomic E-state index is -5.00. The molecule has 42 heavy (non-hydrogen) atoms. The lowest BCUT2D eigenvalue weighted by Crippen LogP contribution is -2.38. The molecule has 0 radical (unpaired) electrons. The first kappa shape index (κ1) is 31.6. The van der Waals surface area contributed by atoms with Crippen LogP contribution in [-0.4, -0.2) is 47.0 Å². The van der Waals surface area contributed by atoms with Gasteiger partial charge in [-0.25, -0.2) is 22.2 Å². The van der Waals surface area contributed by atoms with E-state index < -0.39 is 38.1 Å². The van der Waals surface area contributed by atoms with Gasteiger partial charge in [0.15, 0.2) is 5.65 Å². The van der Waals surface area contributed by atoms with Gasteiger partial charge in [-0.05, 0) is 58.7 Å². The van der Waals surface area contributed by atoms with E-state index in [0.29, 0.717) is 60.1 Å². The Morgan fingerprint density at radius 3 is 2.43 bits per heavy atom. The van der Waals surface area contributed by atoms with E-state index in [0.717, 1.165) is 9.88 Å². The van der Waals surface area contributed by atoms with Gasteiger partial charge in [-0.2, -0.15) is 27.1 Å². The Morgan fingerprint density at radius 2 is 1.83 bits per heavy atom. The van der Waals surface area contributed by atoms with E-state index in [9.17, 15) is 30.4 Å². The van der Waals surface area contributed by atoms with Crippen LogP contribution in [0.4, 0.5) is 27.8 Å². The van der Waals surface area contributed by atoms with Gasteiger partial charge in [-0.1, -0.05) is 24.8 Å². The topological polar surface area (TPSA) is 106 Å². The fourth-order valence-corrected chi connectivity index (χ4v) is 6.44. The van der Waals surface area contributed by atoms with Gasteiger partial charge in [0.25, 0.3) is 5.92 Å². The number of hydrogen-bond donors (Lipinski definition) is 2. The van der Waals surface area contributed by atoms with Crippen LogP contribution in [0.1, 0.15) is 42.5 Å². The van der Waals surface area contributed by atoms with Gasteiger partial charge in [0.05, 0.1) is 21.1 Å². The van der Waals surface area contributed by atoms with Crippen LogP contribution in [0.15, 0.2) is 76.4 Å². The molecule has 3 N–H and O–H groups in total. The molecule has 15 heteroatoms. The fraction of sp³-hybridized carbons (Fsp3) is 0.333. The van der Waals surface area contributed by atoms with Crippen molar-refractivity contribution in [2.24, 2.45) is 5.73 Å². The number of anilines is 1. The van der Waals surface area contributed by atoms with E-state index in [4.69, 9.17) is 10.7 Å². The van der Waals surface area contributed by atoms with Gasteiger partial charge in [0, 0.05) is 49.8 Å². The Balaban J connectivity index is 1.58. The molecular formula is C27H28BrF5N6O2S. The number of nitrogens with one attached hydrogen (secondary N) is 1. The van der Waals surface area contributed by atoms with Crippen LogP contribution in [-0.2, 0) is 22.1 Å². The Hall–Kier alpha value is -3.30. The second-order valence-electron chi connectivity index (χ2n) is 9.79. The van der Waals surface area contributed by atoms with Crippen LogP contribution in [0.25, 0.3) is 5.65 Å². The van der Waals surface area contributed by atoms with Crippen LogP contribution >= 0.6 is 15.9 Å². The zero-order valence-corrected chi connectivity index (χ0v) is 24.8. The Bertz CT molecular complexity index is 1610. The molecule has 1 aliphatic heterocycles. The van der Waals surface area contributed by atoms with Gasteiger partial charge in [-0.15, -0.1) is 0 Å². The highest BCUT2D eigenvalue weighted by atomic mass is 79.9. The first-order valence-electron chi connectivity index (χ1n) is 12.7. The van der Waals surface area contributed by atoms with Crippen molar-refractivity contribution in [1.29, 1.82) is 0 Å². The second kappa shape index (κ2) is 12.1. The maximum absolute atomic E-state index is 14.0. The molecule has 3 aromatic rings. The summed E-state index contributed by atoms with van der Waals surface area (Å²) in [7, 11) is -4.49. The molecule has 226 valence electrons. The van der Waals surface area contributed by atoms with Crippen molar-refractivity contribution in [2.75, 3.05) is 25.0 Å². The number of benzene rings is 1. The summed E-state index contributed by atoms with van der Waals surface area (Å²) in [5.74, 6) is -3.25. The zero-order chi connectivity index (χ0) is 30.9. The van der Waals surface area contributed by atoms with Gasteiger partial charge in [0.1, 0.15) is 5.82 Å². The number of halogens is 6. The van der Waals surface area contributed by atoms with E-state index in [1.165, 1.54) is 6.20 Å². The van der Waals surface area contributed by atoms with E-state index in [1.54, 1.807) is 35.0 Å². The van der Waals surface area contributed by atoms with E-state index in [1.807, 2.05) is 0 Å². The first-order chi connectivity index (χ1) is 19.6. The minimum Gasteiger partial charge on any atom is -0.404 e. The third kappa shape index (κ3) is 6.84. The molecule has 0 unspecified atom stereocenters. The molecule has 0 bridgehead atoms. The number of hydrogen-bond acceptors (Lipinski definition) is 6. The summed E-state index contributed by atoms with van der Waals surface area (Å²) >= 11 is 3.44. The van der Waals surface area contributed by atoms with Crippen molar-refractivity contribution >= 4 is 37.4 Å². The molecule has 0 spiro atoms. The highest BCUT2D eigenvalue weighted by Crippen LogP contribution is 2.38. The van der Waals surface area contributed by atoms with Crippen molar-refractivity contribution < 1.29 is 30.4 Å². The summed E-state index contributed by atoms with van der Waals surface area (Å²) in [5.41, 5.74) is 5.21. The molecule has 0 atom stereocenters. The molecular weight excluding hydrogens is 647 g/mol. The summed E-state index contributed by atoms with van der Waals surface area (Å²) in [4.78, 5) is 3.89. The fourth-order valence-electron chi connectivity index (χ4n) is 4.55. The molecule has 2 aromatic heterocycles. The van der Waals surface area contributed by atoms with E-state index >= 15 is 0 Å². The highest BCUT2D eigenvalue weighted by molar-refractivity contribution is 9.10. The predicted octanol–water partition coefficient (Wildman–Crippen LogP) is 6.19. The van der Waals surface area contributed by atoms with Crippen LogP contribution < -0.4 is 11.1 Å². The zero-order valence-electron chi connectivity index (χ0n) is 22.4. The smallest absolute Gasteiger partial charge is 0.404 e. The molecule has 0 aliphatic carbocycles. The van der Waals surface area contributed by atoms with Gasteiger partial charge < -0.3 is 11.1 Å². The lowest BCUT2D eigenvalue weighted by Gasteiger charge is -2.31. The average Bonchev–Trinajstić information content (AvgIpc) is 3.32. The SMILES string of the molecule is C=C/C=C\C(=C/N)CNc1cc(C2CCN(S(=O)(=O)c3cc(C(C)(F)F)cc(C(F)(F)F)c3)CC2)nc2c(Br)cnn12. The average molecular weight is 676 g/mol. The van der Waals surface area contributed by atoms with Crippen LogP contribution in [0.3, 0.4) is 0 Å². The number of nitrogens with zero attached hydrogens (tertiary/aromatic N) is 4. The molecule has 0 amide bonds. The standard InChI is InChI=1S/C27H28BrF5N6O2S/c1-3-4-5-17(14-34)15-35-24-13-23(37-25-22(28)16-36-39(24)25)18-6-8-38(9-7-18)42(40,41)21-11-19(26(2,29)30)10-20(12-21)27(31,32)33/h3-5,10-14,16,18,35H,1,6-9,15,34H2,2H3/b5-4-,17-14+. The van der Waals surface area contributed by atoms with Crippen molar-refractivity contribution in [1.82, 2.24) is 18.9 Å². The lowest BCUT2D eigenvalue weighted by molar-refractivity contribution is -0.138. The van der Waals surface area contributed by atoms with Crippen molar-refractivity contribution in [2.45, 2.75) is 42.7 Å². The van der Waals surface area contributed by atoms with Crippen molar-refractivity contribution in [3.05, 3.63) is 88.3 Å². The maximum atomic E-state index is 14.0. The molecule has 1 fully saturated rings. The number of allylic oxidation sites excluding steroid dienone is 2. The van der Waals surface area contributed by atoms with Crippen LogP contribution in [0, 0.1) is 0 Å². The molecule has 3 heterocycles. The van der Waals surface area contributed by atoms with Gasteiger partial charge >= 0.3 is 6.18 Å². The summed E-state index contributed by atoms with van der Waals surface area (Å²) in [6, 6.07) is 3.08. The largest absolute Gasteiger partial charge is 0.416 e. The minimum absolute atomic E-state index is 0.0381. The number of nitrogens with two attached hydrogens (primary N) is 1. The molecule has 8 nitrogen and oxygen atoms in total. The number of piperidine rings is 1. The summed E-state index contributed by atoms with van der Waals surface area (Å²) in [6.45, 7) is 4.34. The number of alkyl halides is 5. The monoisotopic (exact) mass is 674 g/mol. The summed E-state index contributed by atoms with van der Waals surface area (Å²) < 4.78 is 98.2. The van der Waals surface area contributed by atoms with Crippen molar-refractivity contribution in [3.8, 4) is 0 Å². The summed E-state index contributed by atoms with van der Waals surface area (Å²) in [5, 5.41) is 7.61. The molecule has 0 saturated carbocycles. The third-order valence-corrected chi connectivity index (χ3v) is 9.27. The van der Waals surface area contributed by atoms with Crippen LogP contribution in [0.5, 0.6) is 0 Å². The molecule has 1 aliphatic rings.